The van der Waals surface area contributed by atoms with E-state index >= 15 is 0 Å². The number of hydrogen-bond donors (Lipinski definition) is 0. The van der Waals surface area contributed by atoms with E-state index in [4.69, 9.17) is 5.10 Å². The summed E-state index contributed by atoms with van der Waals surface area (Å²) in [6.07, 6.45) is 22.9. The molecule has 0 bridgehead atoms. The van der Waals surface area contributed by atoms with Gasteiger partial charge in [-0.3, -0.25) is 0 Å². The van der Waals surface area contributed by atoms with E-state index in [1.165, 1.54) is 65.8 Å². The zero-order chi connectivity index (χ0) is 22.1. The lowest BCUT2D eigenvalue weighted by Gasteiger charge is -2.27. The summed E-state index contributed by atoms with van der Waals surface area (Å²) in [7, 11) is 0. The van der Waals surface area contributed by atoms with Crippen LogP contribution in [-0.4, -0.2) is 10.7 Å². The van der Waals surface area contributed by atoms with Crippen LogP contribution >= 0.6 is 11.8 Å². The van der Waals surface area contributed by atoms with Crippen molar-refractivity contribution >= 4 is 17.5 Å². The van der Waals surface area contributed by atoms with Crippen molar-refractivity contribution in [1.29, 1.82) is 0 Å². The molecule has 1 saturated carbocycles. The number of allylic oxidation sites excluding steroid dienone is 6. The molecule has 0 N–H and O–H groups in total. The highest BCUT2D eigenvalue weighted by Gasteiger charge is 2.25. The predicted octanol–water partition coefficient (Wildman–Crippen LogP) is 8.15. The van der Waals surface area contributed by atoms with Crippen LogP contribution in [0.15, 0.2) is 68.8 Å². The average molecular weight is 445 g/mol. The predicted molar refractivity (Wildman–Crippen MR) is 138 cm³/mol. The highest BCUT2D eigenvalue weighted by molar-refractivity contribution is 8.03. The standard InChI is InChI=1S/C29H36N2S/c1-4-21-7-6-8-23(11-10-21)28-16-14-26-22(5-2)17-24(18-29(26)32-28)27-15-13-25-12-9-20(3)19-31(25)30-27/h12-13,15-19,21,23H,4-11,14H2,1-3H3. The minimum atomic E-state index is 0.763. The van der Waals surface area contributed by atoms with Crippen molar-refractivity contribution < 1.29 is 0 Å². The molecule has 0 spiro atoms. The van der Waals surface area contributed by atoms with Crippen LogP contribution in [0.25, 0.3) is 0 Å². The Morgan fingerprint density at radius 1 is 1.03 bits per heavy atom. The summed E-state index contributed by atoms with van der Waals surface area (Å²) in [6.45, 7) is 6.83. The molecule has 4 aliphatic rings. The summed E-state index contributed by atoms with van der Waals surface area (Å²) < 4.78 is 0. The van der Waals surface area contributed by atoms with E-state index in [1.54, 1.807) is 10.5 Å². The van der Waals surface area contributed by atoms with Gasteiger partial charge in [0.25, 0.3) is 0 Å². The van der Waals surface area contributed by atoms with Gasteiger partial charge >= 0.3 is 0 Å². The first kappa shape index (κ1) is 21.8. The number of fused-ring (bicyclic) bond motifs is 2. The molecule has 3 aliphatic heterocycles. The zero-order valence-electron chi connectivity index (χ0n) is 19.9. The fraction of sp³-hybridized carbons (Fsp3) is 0.483. The van der Waals surface area contributed by atoms with Gasteiger partial charge in [0.05, 0.1) is 11.4 Å². The number of thioether (sulfide) groups is 1. The van der Waals surface area contributed by atoms with Crippen LogP contribution in [0.5, 0.6) is 0 Å². The molecule has 32 heavy (non-hydrogen) atoms. The maximum atomic E-state index is 4.98. The highest BCUT2D eigenvalue weighted by Crippen LogP contribution is 2.45. The number of nitrogens with zero attached hydrogens (tertiary/aromatic N) is 2. The summed E-state index contributed by atoms with van der Waals surface area (Å²) in [6, 6.07) is 4.80. The Balaban J connectivity index is 1.41. The summed E-state index contributed by atoms with van der Waals surface area (Å²) >= 11 is 2.06. The maximum absolute atomic E-state index is 4.98. The highest BCUT2D eigenvalue weighted by atomic mass is 32.2. The van der Waals surface area contributed by atoms with Crippen molar-refractivity contribution in [2.45, 2.75) is 83.5 Å². The molecule has 0 radical (unpaired) electrons. The molecule has 2 unspecified atom stereocenters. The minimum Gasteiger partial charge on any atom is -0.241 e. The molecule has 5 rings (SSSR count). The summed E-state index contributed by atoms with van der Waals surface area (Å²) in [5.41, 5.74) is 7.89. The largest absolute Gasteiger partial charge is 0.241 e. The van der Waals surface area contributed by atoms with Gasteiger partial charge in [-0.25, -0.2) is 5.01 Å². The lowest BCUT2D eigenvalue weighted by Crippen LogP contribution is -2.19. The van der Waals surface area contributed by atoms with Crippen LogP contribution in [0, 0.1) is 11.8 Å². The second-order valence-electron chi connectivity index (χ2n) is 9.83. The Kier molecular flexibility index (Phi) is 6.46. The van der Waals surface area contributed by atoms with Crippen LogP contribution in [0.3, 0.4) is 0 Å². The molecule has 3 heteroatoms. The average Bonchev–Trinajstić information content (AvgIpc) is 3.08. The second kappa shape index (κ2) is 9.47. The summed E-state index contributed by atoms with van der Waals surface area (Å²) in [4.78, 5) is 3.10. The first-order valence-corrected chi connectivity index (χ1v) is 13.4. The topological polar surface area (TPSA) is 15.6 Å². The lowest BCUT2D eigenvalue weighted by molar-refractivity contribution is 0.440. The molecule has 1 aromatic carbocycles. The van der Waals surface area contributed by atoms with Crippen molar-refractivity contribution in [2.24, 2.45) is 16.9 Å². The van der Waals surface area contributed by atoms with Gasteiger partial charge < -0.3 is 0 Å². The number of hydrogen-bond acceptors (Lipinski definition) is 3. The normalized spacial score (nSPS) is 25.2. The van der Waals surface area contributed by atoms with Crippen molar-refractivity contribution in [2.75, 3.05) is 0 Å². The maximum Gasteiger partial charge on any atom is 0.0913 e. The van der Waals surface area contributed by atoms with E-state index in [9.17, 15) is 0 Å². The van der Waals surface area contributed by atoms with Crippen molar-refractivity contribution in [3.8, 4) is 0 Å². The van der Waals surface area contributed by atoms with E-state index in [2.05, 4.69) is 75.2 Å². The number of aryl methyl sites for hydroxylation is 1. The Morgan fingerprint density at radius 3 is 2.78 bits per heavy atom. The smallest absolute Gasteiger partial charge is 0.0913 e. The van der Waals surface area contributed by atoms with E-state index < -0.39 is 0 Å². The van der Waals surface area contributed by atoms with Crippen LogP contribution < -0.4 is 0 Å². The number of hydrazone groups is 1. The van der Waals surface area contributed by atoms with E-state index in [0.717, 1.165) is 36.8 Å². The fourth-order valence-corrected chi connectivity index (χ4v) is 6.92. The van der Waals surface area contributed by atoms with Gasteiger partial charge in [0, 0.05) is 16.7 Å². The summed E-state index contributed by atoms with van der Waals surface area (Å²) in [5.74, 6) is 1.71. The van der Waals surface area contributed by atoms with Gasteiger partial charge in [0.2, 0.25) is 0 Å². The van der Waals surface area contributed by atoms with Gasteiger partial charge in [-0.05, 0) is 97.6 Å². The molecule has 168 valence electrons. The summed E-state index contributed by atoms with van der Waals surface area (Å²) in [5, 5.41) is 7.03. The molecular formula is C29H36N2S. The quantitative estimate of drug-likeness (QED) is 0.435. The first-order valence-electron chi connectivity index (χ1n) is 12.6. The molecule has 1 fully saturated rings. The molecule has 2 atom stereocenters. The van der Waals surface area contributed by atoms with Crippen molar-refractivity contribution in [3.63, 3.8) is 0 Å². The Labute approximate surface area is 198 Å². The Morgan fingerprint density at radius 2 is 1.94 bits per heavy atom. The molecule has 0 saturated heterocycles. The third kappa shape index (κ3) is 4.41. The third-order valence-electron chi connectivity index (χ3n) is 7.65. The van der Waals surface area contributed by atoms with E-state index in [0.29, 0.717) is 0 Å². The molecule has 1 aliphatic carbocycles. The third-order valence-corrected chi connectivity index (χ3v) is 8.97. The van der Waals surface area contributed by atoms with Crippen LogP contribution in [0.2, 0.25) is 0 Å². The van der Waals surface area contributed by atoms with Gasteiger partial charge in [-0.1, -0.05) is 62.6 Å². The Hall–Kier alpha value is -2.00. The molecular weight excluding hydrogens is 408 g/mol. The number of rotatable bonds is 4. The van der Waals surface area contributed by atoms with Gasteiger partial charge in [-0.15, -0.1) is 0 Å². The van der Waals surface area contributed by atoms with Gasteiger partial charge in [0.1, 0.15) is 0 Å². The second-order valence-corrected chi connectivity index (χ2v) is 10.9. The molecule has 3 heterocycles. The minimum absolute atomic E-state index is 0.763. The van der Waals surface area contributed by atoms with Crippen molar-refractivity contribution in [1.82, 2.24) is 5.01 Å². The van der Waals surface area contributed by atoms with Gasteiger partial charge in [-0.2, -0.15) is 5.10 Å². The van der Waals surface area contributed by atoms with E-state index in [-0.39, 0.29) is 0 Å². The van der Waals surface area contributed by atoms with Crippen LogP contribution in [-0.2, 0) is 12.8 Å². The zero-order valence-corrected chi connectivity index (χ0v) is 20.7. The van der Waals surface area contributed by atoms with Crippen LogP contribution in [0.4, 0.5) is 0 Å². The molecule has 2 nitrogen and oxygen atoms in total. The number of benzene rings is 1. The van der Waals surface area contributed by atoms with Crippen molar-refractivity contribution in [3.05, 3.63) is 75.5 Å². The molecule has 0 aromatic heterocycles. The Bertz CT molecular complexity index is 1040. The molecule has 1 aromatic rings. The monoisotopic (exact) mass is 444 g/mol. The SMILES string of the molecule is CCc1cc(C2=NN3C=C(C)CC=C3C=C2)cc2c1CC=C(C1CCCC(CC)CC1)S2. The first-order chi connectivity index (χ1) is 15.6. The fourth-order valence-electron chi connectivity index (χ4n) is 5.58. The van der Waals surface area contributed by atoms with Gasteiger partial charge in [0.15, 0.2) is 0 Å². The molecule has 0 amide bonds. The van der Waals surface area contributed by atoms with E-state index in [1.807, 2.05) is 5.01 Å². The van der Waals surface area contributed by atoms with Crippen LogP contribution in [0.1, 0.15) is 82.4 Å². The lowest BCUT2D eigenvalue weighted by atomic mass is 9.93.